The Bertz CT molecular complexity index is 3370. The molecule has 0 atom stereocenters. The van der Waals surface area contributed by atoms with E-state index in [0.717, 1.165) is 76.8 Å². The predicted molar refractivity (Wildman–Crippen MR) is 217 cm³/mol. The van der Waals surface area contributed by atoms with E-state index in [1.807, 2.05) is 72.8 Å². The second kappa shape index (κ2) is 10.5. The molecule has 6 nitrogen and oxygen atoms in total. The minimum Gasteiger partial charge on any atom is -0.455 e. The topological polar surface area (TPSA) is 69.9 Å². The van der Waals surface area contributed by atoms with Crippen LogP contribution in [0.15, 0.2) is 154 Å². The molecule has 12 rings (SSSR count). The van der Waals surface area contributed by atoms with Crippen molar-refractivity contribution in [3.05, 3.63) is 157 Å². The van der Waals surface area contributed by atoms with Gasteiger partial charge in [-0.25, -0.2) is 4.98 Å². The molecule has 0 saturated carbocycles. The van der Waals surface area contributed by atoms with Crippen molar-refractivity contribution in [1.29, 1.82) is 0 Å². The van der Waals surface area contributed by atoms with Crippen molar-refractivity contribution < 1.29 is 8.83 Å². The van der Waals surface area contributed by atoms with E-state index < -0.39 is 0 Å². The first-order chi connectivity index (χ1) is 26.5. The van der Waals surface area contributed by atoms with E-state index >= 15 is 0 Å². The second-order valence-corrected chi connectivity index (χ2v) is 14.8. The van der Waals surface area contributed by atoms with Gasteiger partial charge in [0.15, 0.2) is 11.6 Å². The Morgan fingerprint density at radius 1 is 0.463 bits per heavy atom. The van der Waals surface area contributed by atoms with Crippen LogP contribution in [0.1, 0.15) is 25.0 Å². The summed E-state index contributed by atoms with van der Waals surface area (Å²) in [4.78, 5) is 15.7. The number of para-hydroxylation sites is 3. The lowest BCUT2D eigenvalue weighted by atomic mass is 9.80. The summed E-state index contributed by atoms with van der Waals surface area (Å²) in [7, 11) is 0. The van der Waals surface area contributed by atoms with Crippen LogP contribution in [0, 0.1) is 0 Å². The molecule has 7 aromatic carbocycles. The Balaban J connectivity index is 1.23. The maximum Gasteiger partial charge on any atom is 0.238 e. The molecule has 0 fully saturated rings. The highest BCUT2D eigenvalue weighted by Gasteiger charge is 2.39. The van der Waals surface area contributed by atoms with Crippen molar-refractivity contribution in [3.8, 4) is 39.9 Å². The highest BCUT2D eigenvalue weighted by molar-refractivity contribution is 6.25. The van der Waals surface area contributed by atoms with Crippen molar-refractivity contribution in [2.24, 2.45) is 0 Å². The molecule has 0 N–H and O–H groups in total. The van der Waals surface area contributed by atoms with Crippen LogP contribution in [0.25, 0.3) is 106 Å². The Morgan fingerprint density at radius 2 is 1.07 bits per heavy atom. The third kappa shape index (κ3) is 3.86. The SMILES string of the molecule is CC1(C)c2ccccc2-c2ccc3c(c21)c1c2oc4ccccc4c2ccc1n3-c1nc(-c2ccccc2)nc(-c2cccc3c2oc2ccccc23)n1. The molecule has 11 aromatic rings. The Morgan fingerprint density at radius 3 is 1.89 bits per heavy atom. The molecule has 0 spiro atoms. The van der Waals surface area contributed by atoms with E-state index in [-0.39, 0.29) is 5.41 Å². The third-order valence-corrected chi connectivity index (χ3v) is 11.5. The summed E-state index contributed by atoms with van der Waals surface area (Å²) < 4.78 is 15.5. The van der Waals surface area contributed by atoms with Crippen molar-refractivity contribution >= 4 is 65.7 Å². The van der Waals surface area contributed by atoms with Crippen LogP contribution in [-0.2, 0) is 5.41 Å². The molecule has 0 amide bonds. The lowest BCUT2D eigenvalue weighted by Crippen LogP contribution is -2.15. The largest absolute Gasteiger partial charge is 0.455 e. The van der Waals surface area contributed by atoms with Crippen LogP contribution < -0.4 is 0 Å². The first kappa shape index (κ1) is 29.5. The monoisotopic (exact) mass is 694 g/mol. The van der Waals surface area contributed by atoms with Crippen molar-refractivity contribution in [2.75, 3.05) is 0 Å². The lowest BCUT2D eigenvalue weighted by Gasteiger charge is -2.22. The van der Waals surface area contributed by atoms with Gasteiger partial charge < -0.3 is 8.83 Å². The van der Waals surface area contributed by atoms with Gasteiger partial charge in [0.05, 0.1) is 22.0 Å². The summed E-state index contributed by atoms with van der Waals surface area (Å²) in [6.45, 7) is 4.67. The first-order valence-electron chi connectivity index (χ1n) is 18.3. The summed E-state index contributed by atoms with van der Waals surface area (Å²) in [5, 5.41) is 6.46. The number of hydrogen-bond acceptors (Lipinski definition) is 5. The molecule has 1 aliphatic rings. The number of aromatic nitrogens is 4. The second-order valence-electron chi connectivity index (χ2n) is 14.8. The van der Waals surface area contributed by atoms with Crippen LogP contribution in [0.2, 0.25) is 0 Å². The summed E-state index contributed by atoms with van der Waals surface area (Å²) >= 11 is 0. The molecule has 1 aliphatic carbocycles. The number of hydrogen-bond donors (Lipinski definition) is 0. The standard InChI is InChI=1S/C48H30N4O2/c1-48(2)35-20-9-6-15-28(35)31-23-25-36-40(42(31)48)41-37(26-24-33-30-17-8-11-22-39(30)54-44(33)41)52(36)47-50-45(27-13-4-3-5-14-27)49-46(51-47)34-19-12-18-32-29-16-7-10-21-38(29)53-43(32)34/h3-26H,1-2H3. The maximum atomic E-state index is 6.81. The van der Waals surface area contributed by atoms with Crippen LogP contribution in [0.4, 0.5) is 0 Å². The molecular weight excluding hydrogens is 665 g/mol. The van der Waals surface area contributed by atoms with E-state index in [1.165, 1.54) is 22.3 Å². The highest BCUT2D eigenvalue weighted by atomic mass is 16.3. The average Bonchev–Trinajstić information content (AvgIpc) is 3.94. The summed E-state index contributed by atoms with van der Waals surface area (Å²) in [5.74, 6) is 1.64. The van der Waals surface area contributed by atoms with Crippen molar-refractivity contribution in [2.45, 2.75) is 19.3 Å². The van der Waals surface area contributed by atoms with Crippen molar-refractivity contribution in [1.82, 2.24) is 19.5 Å². The van der Waals surface area contributed by atoms with Gasteiger partial charge in [-0.2, -0.15) is 9.97 Å². The van der Waals surface area contributed by atoms with Crippen LogP contribution in [0.5, 0.6) is 0 Å². The van der Waals surface area contributed by atoms with E-state index in [9.17, 15) is 0 Å². The van der Waals surface area contributed by atoms with Crippen LogP contribution >= 0.6 is 0 Å². The molecule has 54 heavy (non-hydrogen) atoms. The fraction of sp³-hybridized carbons (Fsp3) is 0.0625. The average molecular weight is 695 g/mol. The molecule has 6 heteroatoms. The van der Waals surface area contributed by atoms with Crippen LogP contribution in [-0.4, -0.2) is 19.5 Å². The molecule has 0 unspecified atom stereocenters. The Labute approximate surface area is 309 Å². The van der Waals surface area contributed by atoms with Crippen LogP contribution in [0.3, 0.4) is 0 Å². The summed E-state index contributed by atoms with van der Waals surface area (Å²) in [5.41, 5.74) is 11.8. The number of nitrogens with zero attached hydrogens (tertiary/aromatic N) is 4. The van der Waals surface area contributed by atoms with E-state index in [1.54, 1.807) is 0 Å². The quantitative estimate of drug-likeness (QED) is 0.184. The maximum absolute atomic E-state index is 6.81. The van der Waals surface area contributed by atoms with Gasteiger partial charge in [-0.15, -0.1) is 0 Å². The zero-order chi connectivity index (χ0) is 35.7. The molecular formula is C48H30N4O2. The van der Waals surface area contributed by atoms with Gasteiger partial charge in [-0.1, -0.05) is 123 Å². The highest BCUT2D eigenvalue weighted by Crippen LogP contribution is 2.54. The summed E-state index contributed by atoms with van der Waals surface area (Å²) in [6, 6.07) is 50.4. The number of benzene rings is 7. The predicted octanol–water partition coefficient (Wildman–Crippen LogP) is 12.4. The lowest BCUT2D eigenvalue weighted by molar-refractivity contribution is 0.665. The van der Waals surface area contributed by atoms with Gasteiger partial charge in [-0.05, 0) is 58.7 Å². The number of rotatable bonds is 3. The number of fused-ring (bicyclic) bond motifs is 14. The molecule has 4 aromatic heterocycles. The molecule has 0 bridgehead atoms. The fourth-order valence-electron chi connectivity index (χ4n) is 9.08. The van der Waals surface area contributed by atoms with Gasteiger partial charge in [0.2, 0.25) is 5.95 Å². The third-order valence-electron chi connectivity index (χ3n) is 11.5. The van der Waals surface area contributed by atoms with E-state index in [0.29, 0.717) is 17.6 Å². The van der Waals surface area contributed by atoms with Gasteiger partial charge in [-0.3, -0.25) is 4.57 Å². The van der Waals surface area contributed by atoms with E-state index in [2.05, 4.69) is 91.2 Å². The fourth-order valence-corrected chi connectivity index (χ4v) is 9.08. The van der Waals surface area contributed by atoms with E-state index in [4.69, 9.17) is 23.8 Å². The Hall–Kier alpha value is -7.05. The van der Waals surface area contributed by atoms with Gasteiger partial charge >= 0.3 is 0 Å². The van der Waals surface area contributed by atoms with Gasteiger partial charge in [0.25, 0.3) is 0 Å². The smallest absolute Gasteiger partial charge is 0.238 e. The molecule has 4 heterocycles. The normalized spacial score (nSPS) is 13.5. The zero-order valence-corrected chi connectivity index (χ0v) is 29.5. The zero-order valence-electron chi connectivity index (χ0n) is 29.5. The molecule has 0 saturated heterocycles. The first-order valence-corrected chi connectivity index (χ1v) is 18.3. The van der Waals surface area contributed by atoms with Gasteiger partial charge in [0, 0.05) is 37.9 Å². The van der Waals surface area contributed by atoms with Gasteiger partial charge in [0.1, 0.15) is 22.3 Å². The molecule has 254 valence electrons. The minimum atomic E-state index is -0.269. The van der Waals surface area contributed by atoms with Crippen molar-refractivity contribution in [3.63, 3.8) is 0 Å². The minimum absolute atomic E-state index is 0.269. The Kier molecular flexibility index (Phi) is 5.75. The molecule has 0 aliphatic heterocycles. The number of furan rings is 2. The summed E-state index contributed by atoms with van der Waals surface area (Å²) in [6.07, 6.45) is 0. The molecule has 0 radical (unpaired) electrons.